The molecule has 0 amide bonds. The van der Waals surface area contributed by atoms with Crippen molar-refractivity contribution in [1.29, 1.82) is 0 Å². The number of benzene rings is 1. The highest BCUT2D eigenvalue weighted by atomic mass is 32.1. The van der Waals surface area contributed by atoms with Crippen LogP contribution in [0.5, 0.6) is 11.6 Å². The molecule has 2 aromatic rings. The first kappa shape index (κ1) is 14.0. The lowest BCUT2D eigenvalue weighted by Crippen LogP contribution is -2.13. The van der Waals surface area contributed by atoms with Crippen molar-refractivity contribution in [3.8, 4) is 11.6 Å². The average Bonchev–Trinajstić information content (AvgIpc) is 2.90. The summed E-state index contributed by atoms with van der Waals surface area (Å²) in [4.78, 5) is 4.98. The van der Waals surface area contributed by atoms with E-state index in [0.29, 0.717) is 10.9 Å². The van der Waals surface area contributed by atoms with Crippen LogP contribution < -0.4 is 10.5 Å². The smallest absolute Gasteiger partial charge is 0.229 e. The van der Waals surface area contributed by atoms with Gasteiger partial charge in [-0.15, -0.1) is 0 Å². The summed E-state index contributed by atoms with van der Waals surface area (Å²) in [6.07, 6.45) is 3.17. The highest BCUT2D eigenvalue weighted by Crippen LogP contribution is 2.31. The second-order valence-electron chi connectivity index (χ2n) is 5.46. The van der Waals surface area contributed by atoms with Crippen LogP contribution in [0.25, 0.3) is 0 Å². The van der Waals surface area contributed by atoms with Gasteiger partial charge in [-0.2, -0.15) is 0 Å². The summed E-state index contributed by atoms with van der Waals surface area (Å²) in [5, 5.41) is 0. The van der Waals surface area contributed by atoms with Crippen LogP contribution in [0.4, 0.5) is 0 Å². The maximum absolute atomic E-state index is 6.03. The van der Waals surface area contributed by atoms with E-state index >= 15 is 0 Å². The van der Waals surface area contributed by atoms with Crippen molar-refractivity contribution >= 4 is 17.2 Å². The van der Waals surface area contributed by atoms with Gasteiger partial charge in [0.15, 0.2) is 0 Å². The largest absolute Gasteiger partial charge is 0.438 e. The second kappa shape index (κ2) is 5.45. The number of hydrogen-bond acceptors (Lipinski definition) is 3. The third-order valence-corrected chi connectivity index (χ3v) is 4.26. The van der Waals surface area contributed by atoms with E-state index in [1.165, 1.54) is 11.1 Å². The molecule has 3 rings (SSSR count). The number of nitrogens with zero attached hydrogens (tertiary/aromatic N) is 1. The van der Waals surface area contributed by atoms with Crippen LogP contribution in [0.2, 0.25) is 0 Å². The number of ether oxygens (including phenoxy) is 1. The molecule has 0 unspecified atom stereocenters. The molecule has 1 heterocycles. The van der Waals surface area contributed by atoms with Gasteiger partial charge in [-0.1, -0.05) is 24.4 Å². The molecule has 21 heavy (non-hydrogen) atoms. The average molecular weight is 298 g/mol. The maximum Gasteiger partial charge on any atom is 0.229 e. The number of thiocarbonyl (C=S) groups is 1. The molecule has 0 aliphatic heterocycles. The van der Waals surface area contributed by atoms with Crippen LogP contribution in [0, 0.1) is 13.8 Å². The Balaban J connectivity index is 2.05. The number of rotatable bonds is 3. The molecular weight excluding hydrogens is 280 g/mol. The summed E-state index contributed by atoms with van der Waals surface area (Å²) in [5.74, 6) is 1.33. The lowest BCUT2D eigenvalue weighted by molar-refractivity contribution is 0.456. The van der Waals surface area contributed by atoms with Crippen molar-refractivity contribution in [3.63, 3.8) is 0 Å². The molecule has 2 N–H and O–H groups in total. The van der Waals surface area contributed by atoms with E-state index in [2.05, 4.69) is 18.0 Å². The number of hydrogen-bond donors (Lipinski definition) is 1. The fourth-order valence-electron chi connectivity index (χ4n) is 2.65. The fraction of sp³-hybridized carbons (Fsp3) is 0.294. The molecule has 108 valence electrons. The molecule has 1 aromatic heterocycles. The van der Waals surface area contributed by atoms with Gasteiger partial charge in [0.05, 0.1) is 5.56 Å². The van der Waals surface area contributed by atoms with Crippen LogP contribution in [-0.4, -0.2) is 9.97 Å². The van der Waals surface area contributed by atoms with Gasteiger partial charge in [-0.05, 0) is 61.9 Å². The van der Waals surface area contributed by atoms with E-state index in [0.717, 1.165) is 41.8 Å². The van der Waals surface area contributed by atoms with E-state index in [1.807, 2.05) is 25.1 Å². The predicted octanol–water partition coefficient (Wildman–Crippen LogP) is 3.61. The van der Waals surface area contributed by atoms with Crippen molar-refractivity contribution in [2.24, 2.45) is 5.73 Å². The number of nitrogens with two attached hydrogens (primary N) is 1. The van der Waals surface area contributed by atoms with E-state index in [4.69, 9.17) is 22.7 Å². The summed E-state index contributed by atoms with van der Waals surface area (Å²) >= 11 is 5.15. The number of aromatic nitrogens is 1. The Morgan fingerprint density at radius 1 is 1.29 bits per heavy atom. The molecular formula is C17H18N2OS. The lowest BCUT2D eigenvalue weighted by Gasteiger charge is -2.14. The Kier molecular flexibility index (Phi) is 3.64. The minimum absolute atomic E-state index is 0.331. The van der Waals surface area contributed by atoms with Crippen LogP contribution in [0.1, 0.15) is 34.4 Å². The Morgan fingerprint density at radius 3 is 2.86 bits per heavy atom. The maximum atomic E-state index is 6.03. The topological polar surface area (TPSA) is 48.1 Å². The third kappa shape index (κ3) is 2.63. The van der Waals surface area contributed by atoms with Gasteiger partial charge in [0.2, 0.25) is 5.88 Å². The quantitative estimate of drug-likeness (QED) is 0.879. The zero-order valence-electron chi connectivity index (χ0n) is 12.3. The SMILES string of the molecule is Cc1cccc(Oc2nc3c(cc2C(N)=S)CCC3)c1C. The number of pyridine rings is 1. The first-order valence-corrected chi connectivity index (χ1v) is 7.53. The standard InChI is InChI=1S/C17H18N2OS/c1-10-5-3-8-15(11(10)2)20-17-13(16(18)21)9-12-6-4-7-14(12)19-17/h3,5,8-9H,4,6-7H2,1-2H3,(H2,18,21). The Hall–Kier alpha value is -1.94. The van der Waals surface area contributed by atoms with Gasteiger partial charge >= 0.3 is 0 Å². The summed E-state index contributed by atoms with van der Waals surface area (Å²) in [6.45, 7) is 4.10. The van der Waals surface area contributed by atoms with E-state index in [1.54, 1.807) is 0 Å². The second-order valence-corrected chi connectivity index (χ2v) is 5.90. The van der Waals surface area contributed by atoms with Crippen molar-refractivity contribution < 1.29 is 4.74 Å². The first-order chi connectivity index (χ1) is 10.1. The zero-order valence-corrected chi connectivity index (χ0v) is 13.1. The van der Waals surface area contributed by atoms with Gasteiger partial charge in [0.1, 0.15) is 10.7 Å². The summed E-state index contributed by atoms with van der Waals surface area (Å²) in [7, 11) is 0. The molecule has 1 aromatic carbocycles. The van der Waals surface area contributed by atoms with E-state index < -0.39 is 0 Å². The zero-order chi connectivity index (χ0) is 15.0. The molecule has 0 bridgehead atoms. The Labute approximate surface area is 130 Å². The van der Waals surface area contributed by atoms with E-state index in [9.17, 15) is 0 Å². The van der Waals surface area contributed by atoms with Gasteiger partial charge < -0.3 is 10.5 Å². The normalized spacial score (nSPS) is 13.0. The molecule has 0 spiro atoms. The van der Waals surface area contributed by atoms with Crippen molar-refractivity contribution in [2.45, 2.75) is 33.1 Å². The van der Waals surface area contributed by atoms with E-state index in [-0.39, 0.29) is 0 Å². The molecule has 4 heteroatoms. The lowest BCUT2D eigenvalue weighted by atomic mass is 10.1. The highest BCUT2D eigenvalue weighted by Gasteiger charge is 2.19. The third-order valence-electron chi connectivity index (χ3n) is 4.04. The summed E-state index contributed by atoms with van der Waals surface area (Å²) in [5.41, 5.74) is 11.2. The Morgan fingerprint density at radius 2 is 2.10 bits per heavy atom. The summed E-state index contributed by atoms with van der Waals surface area (Å²) < 4.78 is 6.03. The first-order valence-electron chi connectivity index (χ1n) is 7.13. The van der Waals surface area contributed by atoms with Crippen LogP contribution >= 0.6 is 12.2 Å². The molecule has 0 fully saturated rings. The monoisotopic (exact) mass is 298 g/mol. The van der Waals surface area contributed by atoms with Crippen molar-refractivity contribution in [3.05, 3.63) is 52.2 Å². The van der Waals surface area contributed by atoms with Crippen LogP contribution in [-0.2, 0) is 12.8 Å². The molecule has 0 radical (unpaired) electrons. The van der Waals surface area contributed by atoms with Crippen LogP contribution in [0.15, 0.2) is 24.3 Å². The highest BCUT2D eigenvalue weighted by molar-refractivity contribution is 7.80. The molecule has 1 aliphatic rings. The molecule has 3 nitrogen and oxygen atoms in total. The molecule has 0 atom stereocenters. The van der Waals surface area contributed by atoms with Gasteiger partial charge in [-0.3, -0.25) is 0 Å². The van der Waals surface area contributed by atoms with Crippen LogP contribution in [0.3, 0.4) is 0 Å². The number of fused-ring (bicyclic) bond motifs is 1. The minimum Gasteiger partial charge on any atom is -0.438 e. The fourth-order valence-corrected chi connectivity index (χ4v) is 2.79. The molecule has 0 saturated heterocycles. The summed E-state index contributed by atoms with van der Waals surface area (Å²) in [6, 6.07) is 8.02. The predicted molar refractivity (Wildman–Crippen MR) is 88.1 cm³/mol. The molecule has 1 aliphatic carbocycles. The van der Waals surface area contributed by atoms with Crippen molar-refractivity contribution in [2.75, 3.05) is 0 Å². The Bertz CT molecular complexity index is 725. The van der Waals surface area contributed by atoms with Crippen molar-refractivity contribution in [1.82, 2.24) is 4.98 Å². The molecule has 0 saturated carbocycles. The van der Waals surface area contributed by atoms with Gasteiger partial charge in [0, 0.05) is 5.69 Å². The van der Waals surface area contributed by atoms with Gasteiger partial charge in [-0.25, -0.2) is 4.98 Å². The number of aryl methyl sites for hydroxylation is 3. The van der Waals surface area contributed by atoms with Gasteiger partial charge in [0.25, 0.3) is 0 Å². The minimum atomic E-state index is 0.331.